The number of likely N-dealkylation sites (N-methyl/N-ethyl adjacent to an activating group) is 1. The molecule has 0 bridgehead atoms. The molecule has 1 rings (SSSR count). The summed E-state index contributed by atoms with van der Waals surface area (Å²) in [6, 6.07) is 2.13. The summed E-state index contributed by atoms with van der Waals surface area (Å²) in [5.41, 5.74) is 1.95. The van der Waals surface area contributed by atoms with E-state index in [0.717, 1.165) is 37.3 Å². The lowest BCUT2D eigenvalue weighted by Crippen LogP contribution is -2.20. The van der Waals surface area contributed by atoms with Crippen LogP contribution in [0.2, 0.25) is 0 Å². The Morgan fingerprint density at radius 2 is 2.19 bits per heavy atom. The third-order valence-corrected chi connectivity index (χ3v) is 2.41. The van der Waals surface area contributed by atoms with E-state index in [1.165, 1.54) is 0 Å². The van der Waals surface area contributed by atoms with Gasteiger partial charge in [-0.2, -0.15) is 5.26 Å². The zero-order valence-electron chi connectivity index (χ0n) is 10.3. The molecule has 88 valence electrons. The van der Waals surface area contributed by atoms with E-state index in [9.17, 15) is 0 Å². The predicted molar refractivity (Wildman–Crippen MR) is 61.9 cm³/mol. The van der Waals surface area contributed by atoms with Gasteiger partial charge in [-0.3, -0.25) is 0 Å². The van der Waals surface area contributed by atoms with Gasteiger partial charge in [-0.25, -0.2) is 4.68 Å². The molecule has 0 saturated heterocycles. The van der Waals surface area contributed by atoms with Crippen LogP contribution in [0.5, 0.6) is 0 Å². The minimum atomic E-state index is 0.358. The lowest BCUT2D eigenvalue weighted by molar-refractivity contribution is 0.366. The summed E-state index contributed by atoms with van der Waals surface area (Å²) >= 11 is 0. The van der Waals surface area contributed by atoms with Gasteiger partial charge in [-0.15, -0.1) is 5.10 Å². The maximum atomic E-state index is 8.70. The van der Waals surface area contributed by atoms with Crippen LogP contribution < -0.4 is 0 Å². The van der Waals surface area contributed by atoms with Gasteiger partial charge in [0.25, 0.3) is 0 Å². The molecular weight excluding hydrogens is 202 g/mol. The summed E-state index contributed by atoms with van der Waals surface area (Å²) in [5, 5.41) is 16.9. The van der Waals surface area contributed by atoms with Crippen molar-refractivity contribution in [2.75, 3.05) is 20.6 Å². The third kappa shape index (κ3) is 3.31. The first kappa shape index (κ1) is 12.7. The second kappa shape index (κ2) is 6.23. The van der Waals surface area contributed by atoms with Crippen molar-refractivity contribution in [2.45, 2.75) is 32.7 Å². The molecule has 0 aliphatic heterocycles. The maximum absolute atomic E-state index is 8.70. The highest BCUT2D eigenvalue weighted by Gasteiger charge is 2.11. The highest BCUT2D eigenvalue weighted by atomic mass is 15.4. The van der Waals surface area contributed by atoms with Crippen molar-refractivity contribution < 1.29 is 0 Å². The zero-order chi connectivity index (χ0) is 12.0. The van der Waals surface area contributed by atoms with E-state index in [1.807, 2.05) is 18.8 Å². The SMILES string of the molecule is CCCc1c(CC#N)nnn1CCN(C)C. The van der Waals surface area contributed by atoms with Crippen LogP contribution in [0.3, 0.4) is 0 Å². The molecule has 0 radical (unpaired) electrons. The van der Waals surface area contributed by atoms with E-state index in [1.54, 1.807) is 0 Å². The summed E-state index contributed by atoms with van der Waals surface area (Å²) in [4.78, 5) is 2.11. The largest absolute Gasteiger partial charge is 0.308 e. The van der Waals surface area contributed by atoms with Crippen molar-refractivity contribution in [2.24, 2.45) is 0 Å². The summed E-state index contributed by atoms with van der Waals surface area (Å²) in [6.45, 7) is 3.90. The fourth-order valence-corrected chi connectivity index (χ4v) is 1.57. The molecule has 1 aromatic rings. The number of aromatic nitrogens is 3. The standard InChI is InChI=1S/C11H19N5/c1-4-5-11-10(6-7-12)13-14-16(11)9-8-15(2)3/h4-6,8-9H2,1-3H3. The number of rotatable bonds is 6. The van der Waals surface area contributed by atoms with Crippen molar-refractivity contribution in [3.05, 3.63) is 11.4 Å². The lowest BCUT2D eigenvalue weighted by Gasteiger charge is -2.11. The third-order valence-electron chi connectivity index (χ3n) is 2.41. The Balaban J connectivity index is 2.78. The molecule has 0 amide bonds. The first-order valence-corrected chi connectivity index (χ1v) is 5.62. The van der Waals surface area contributed by atoms with Gasteiger partial charge in [0.15, 0.2) is 0 Å². The molecule has 0 fully saturated rings. The monoisotopic (exact) mass is 221 g/mol. The van der Waals surface area contributed by atoms with Gasteiger partial charge in [-0.1, -0.05) is 18.6 Å². The van der Waals surface area contributed by atoms with Gasteiger partial charge in [0.2, 0.25) is 0 Å². The molecule has 1 heterocycles. The first-order valence-electron chi connectivity index (χ1n) is 5.62. The van der Waals surface area contributed by atoms with Gasteiger partial charge >= 0.3 is 0 Å². The predicted octanol–water partition coefficient (Wildman–Crippen LogP) is 0.858. The summed E-state index contributed by atoms with van der Waals surface area (Å²) in [5.74, 6) is 0. The summed E-state index contributed by atoms with van der Waals surface area (Å²) in [6.07, 6.45) is 2.35. The minimum Gasteiger partial charge on any atom is -0.308 e. The summed E-state index contributed by atoms with van der Waals surface area (Å²) in [7, 11) is 4.07. The Bertz CT molecular complexity index is 361. The van der Waals surface area contributed by atoms with Gasteiger partial charge in [0, 0.05) is 6.54 Å². The molecule has 1 aromatic heterocycles. The topological polar surface area (TPSA) is 57.7 Å². The van der Waals surface area contributed by atoms with Crippen molar-refractivity contribution in [1.82, 2.24) is 19.9 Å². The highest BCUT2D eigenvalue weighted by Crippen LogP contribution is 2.09. The molecular formula is C11H19N5. The van der Waals surface area contributed by atoms with Crippen LogP contribution in [0.25, 0.3) is 0 Å². The van der Waals surface area contributed by atoms with Gasteiger partial charge in [0.05, 0.1) is 30.4 Å². The summed E-state index contributed by atoms with van der Waals surface area (Å²) < 4.78 is 1.93. The van der Waals surface area contributed by atoms with E-state index in [0.29, 0.717) is 6.42 Å². The van der Waals surface area contributed by atoms with Crippen molar-refractivity contribution in [1.29, 1.82) is 5.26 Å². The van der Waals surface area contributed by atoms with Gasteiger partial charge in [-0.05, 0) is 20.5 Å². The molecule has 0 aliphatic carbocycles. The van der Waals surface area contributed by atoms with Crippen molar-refractivity contribution >= 4 is 0 Å². The van der Waals surface area contributed by atoms with Crippen LogP contribution in [-0.2, 0) is 19.4 Å². The second-order valence-electron chi connectivity index (χ2n) is 4.09. The molecule has 0 aromatic carbocycles. The van der Waals surface area contributed by atoms with Crippen LogP contribution in [0.4, 0.5) is 0 Å². The number of nitriles is 1. The lowest BCUT2D eigenvalue weighted by atomic mass is 10.2. The van der Waals surface area contributed by atoms with Crippen LogP contribution in [0.15, 0.2) is 0 Å². The Morgan fingerprint density at radius 1 is 1.44 bits per heavy atom. The molecule has 5 heteroatoms. The number of hydrogen-bond donors (Lipinski definition) is 0. The quantitative estimate of drug-likeness (QED) is 0.715. The van der Waals surface area contributed by atoms with E-state index in [4.69, 9.17) is 5.26 Å². The Hall–Kier alpha value is -1.41. The van der Waals surface area contributed by atoms with Crippen LogP contribution in [0.1, 0.15) is 24.7 Å². The van der Waals surface area contributed by atoms with E-state index in [2.05, 4.69) is 28.2 Å². The molecule has 0 spiro atoms. The van der Waals surface area contributed by atoms with Crippen molar-refractivity contribution in [3.8, 4) is 6.07 Å². The average Bonchev–Trinajstić information content (AvgIpc) is 2.60. The van der Waals surface area contributed by atoms with Crippen LogP contribution in [-0.4, -0.2) is 40.5 Å². The fraction of sp³-hybridized carbons (Fsp3) is 0.727. The highest BCUT2D eigenvalue weighted by molar-refractivity contribution is 5.14. The number of hydrogen-bond acceptors (Lipinski definition) is 4. The normalized spacial score (nSPS) is 10.7. The van der Waals surface area contributed by atoms with E-state index >= 15 is 0 Å². The zero-order valence-corrected chi connectivity index (χ0v) is 10.3. The van der Waals surface area contributed by atoms with E-state index < -0.39 is 0 Å². The van der Waals surface area contributed by atoms with Crippen LogP contribution >= 0.6 is 0 Å². The van der Waals surface area contributed by atoms with Gasteiger partial charge in [0.1, 0.15) is 0 Å². The minimum absolute atomic E-state index is 0.358. The molecule has 0 unspecified atom stereocenters. The Labute approximate surface area is 96.7 Å². The fourth-order valence-electron chi connectivity index (χ4n) is 1.57. The smallest absolute Gasteiger partial charge is 0.0999 e. The van der Waals surface area contributed by atoms with E-state index in [-0.39, 0.29) is 0 Å². The molecule has 16 heavy (non-hydrogen) atoms. The molecule has 0 N–H and O–H groups in total. The Kier molecular flexibility index (Phi) is 4.93. The van der Waals surface area contributed by atoms with Crippen LogP contribution in [0, 0.1) is 11.3 Å². The van der Waals surface area contributed by atoms with Crippen molar-refractivity contribution in [3.63, 3.8) is 0 Å². The first-order chi connectivity index (χ1) is 7.69. The average molecular weight is 221 g/mol. The Morgan fingerprint density at radius 3 is 2.75 bits per heavy atom. The molecule has 0 aliphatic rings. The molecule has 5 nitrogen and oxygen atoms in total. The number of nitrogens with zero attached hydrogens (tertiary/aromatic N) is 5. The molecule has 0 saturated carbocycles. The molecule has 0 atom stereocenters. The second-order valence-corrected chi connectivity index (χ2v) is 4.09. The van der Waals surface area contributed by atoms with Gasteiger partial charge < -0.3 is 4.90 Å². The maximum Gasteiger partial charge on any atom is 0.0999 e.